The van der Waals surface area contributed by atoms with Gasteiger partial charge in [0, 0.05) is 15.9 Å². The molecule has 2 aromatic rings. The second-order valence-corrected chi connectivity index (χ2v) is 7.56. The number of benzene rings is 1. The van der Waals surface area contributed by atoms with Crippen molar-refractivity contribution in [2.24, 2.45) is 5.73 Å². The van der Waals surface area contributed by atoms with Gasteiger partial charge in [0.05, 0.1) is 10.7 Å². The highest BCUT2D eigenvalue weighted by Gasteiger charge is 2.19. The molecule has 2 rings (SSSR count). The molecule has 0 bridgehead atoms. The third-order valence-electron chi connectivity index (χ3n) is 2.35. The predicted octanol–water partition coefficient (Wildman–Crippen LogP) is 3.42. The summed E-state index contributed by atoms with van der Waals surface area (Å²) < 4.78 is 27.6. The molecule has 0 unspecified atom stereocenters. The molecule has 0 aliphatic carbocycles. The van der Waals surface area contributed by atoms with Gasteiger partial charge in [-0.25, -0.2) is 8.42 Å². The van der Waals surface area contributed by atoms with Gasteiger partial charge in [-0.1, -0.05) is 11.6 Å². The van der Waals surface area contributed by atoms with E-state index in [0.717, 1.165) is 0 Å². The minimum Gasteiger partial charge on any atom is -0.326 e. The van der Waals surface area contributed by atoms with Gasteiger partial charge in [0.25, 0.3) is 10.0 Å². The zero-order valence-corrected chi connectivity index (χ0v) is 13.5. The number of hydrogen-bond acceptors (Lipinski definition) is 4. The Hall–Kier alpha value is -0.600. The molecule has 0 radical (unpaired) electrons. The molecule has 19 heavy (non-hydrogen) atoms. The highest BCUT2D eigenvalue weighted by atomic mass is 79.9. The second kappa shape index (κ2) is 5.80. The van der Waals surface area contributed by atoms with E-state index in [1.54, 1.807) is 17.5 Å². The van der Waals surface area contributed by atoms with Crippen LogP contribution in [0.4, 0.5) is 5.69 Å². The Labute approximate surface area is 128 Å². The van der Waals surface area contributed by atoms with Crippen LogP contribution in [0.25, 0.3) is 0 Å². The van der Waals surface area contributed by atoms with Crippen molar-refractivity contribution in [3.63, 3.8) is 0 Å². The van der Waals surface area contributed by atoms with Crippen LogP contribution in [0.1, 0.15) is 4.88 Å². The molecule has 0 spiro atoms. The van der Waals surface area contributed by atoms with Crippen LogP contribution in [0.3, 0.4) is 0 Å². The van der Waals surface area contributed by atoms with Gasteiger partial charge < -0.3 is 5.73 Å². The van der Waals surface area contributed by atoms with Gasteiger partial charge in [0.1, 0.15) is 4.90 Å². The average molecular weight is 382 g/mol. The van der Waals surface area contributed by atoms with Crippen molar-refractivity contribution >= 4 is 54.6 Å². The highest BCUT2D eigenvalue weighted by Crippen LogP contribution is 2.28. The SMILES string of the molecule is NCc1sccc1S(=O)(=O)Nc1ccc(Br)c(Cl)c1. The van der Waals surface area contributed by atoms with E-state index in [-0.39, 0.29) is 11.4 Å². The first kappa shape index (κ1) is 14.8. The van der Waals surface area contributed by atoms with E-state index in [9.17, 15) is 8.42 Å². The Bertz CT molecular complexity index is 700. The van der Waals surface area contributed by atoms with E-state index in [0.29, 0.717) is 20.1 Å². The van der Waals surface area contributed by atoms with E-state index in [2.05, 4.69) is 20.7 Å². The van der Waals surface area contributed by atoms with Gasteiger partial charge in [0.2, 0.25) is 0 Å². The lowest BCUT2D eigenvalue weighted by atomic mass is 10.3. The third-order valence-corrected chi connectivity index (χ3v) is 6.12. The second-order valence-electron chi connectivity index (χ2n) is 3.65. The van der Waals surface area contributed by atoms with Crippen LogP contribution in [0.15, 0.2) is 39.0 Å². The molecule has 3 N–H and O–H groups in total. The maximum absolute atomic E-state index is 12.2. The molecule has 0 atom stereocenters. The standard InChI is InChI=1S/C11H10BrClN2O2S2/c12-8-2-1-7(5-9(8)13)15-19(16,17)11-3-4-18-10(11)6-14/h1-5,15H,6,14H2. The fourth-order valence-corrected chi connectivity index (χ4v) is 4.30. The third kappa shape index (κ3) is 3.29. The van der Waals surface area contributed by atoms with Gasteiger partial charge in [-0.15, -0.1) is 11.3 Å². The van der Waals surface area contributed by atoms with Crippen LogP contribution in [-0.4, -0.2) is 8.42 Å². The molecule has 1 aromatic carbocycles. The van der Waals surface area contributed by atoms with Crippen molar-refractivity contribution in [2.75, 3.05) is 4.72 Å². The van der Waals surface area contributed by atoms with Gasteiger partial charge in [0.15, 0.2) is 0 Å². The summed E-state index contributed by atoms with van der Waals surface area (Å²) in [5.41, 5.74) is 5.92. The lowest BCUT2D eigenvalue weighted by Crippen LogP contribution is -2.14. The summed E-state index contributed by atoms with van der Waals surface area (Å²) in [6.07, 6.45) is 0. The highest BCUT2D eigenvalue weighted by molar-refractivity contribution is 9.10. The largest absolute Gasteiger partial charge is 0.326 e. The Balaban J connectivity index is 2.34. The lowest BCUT2D eigenvalue weighted by molar-refractivity contribution is 0.600. The van der Waals surface area contributed by atoms with Crippen molar-refractivity contribution in [1.82, 2.24) is 0 Å². The summed E-state index contributed by atoms with van der Waals surface area (Å²) in [7, 11) is -3.64. The molecule has 1 aromatic heterocycles. The van der Waals surface area contributed by atoms with Crippen LogP contribution in [0.5, 0.6) is 0 Å². The molecule has 0 fully saturated rings. The first-order chi connectivity index (χ1) is 8.94. The molecule has 0 amide bonds. The van der Waals surface area contributed by atoms with Crippen molar-refractivity contribution in [1.29, 1.82) is 0 Å². The number of thiophene rings is 1. The van der Waals surface area contributed by atoms with Crippen LogP contribution in [-0.2, 0) is 16.6 Å². The quantitative estimate of drug-likeness (QED) is 0.852. The maximum Gasteiger partial charge on any atom is 0.263 e. The molecule has 0 saturated carbocycles. The monoisotopic (exact) mass is 380 g/mol. The van der Waals surface area contributed by atoms with Gasteiger partial charge in [-0.3, -0.25) is 4.72 Å². The normalized spacial score (nSPS) is 11.5. The zero-order valence-electron chi connectivity index (χ0n) is 9.56. The lowest BCUT2D eigenvalue weighted by Gasteiger charge is -2.09. The first-order valence-electron chi connectivity index (χ1n) is 5.18. The molecule has 102 valence electrons. The summed E-state index contributed by atoms with van der Waals surface area (Å²) in [6, 6.07) is 6.38. The van der Waals surface area contributed by atoms with E-state index in [1.807, 2.05) is 0 Å². The number of rotatable bonds is 4. The Morgan fingerprint density at radius 2 is 2.11 bits per heavy atom. The van der Waals surface area contributed by atoms with E-state index in [1.165, 1.54) is 23.5 Å². The Morgan fingerprint density at radius 3 is 2.74 bits per heavy atom. The van der Waals surface area contributed by atoms with Crippen LogP contribution >= 0.6 is 38.9 Å². The topological polar surface area (TPSA) is 72.2 Å². The fraction of sp³-hybridized carbons (Fsp3) is 0.0909. The number of nitrogens with one attached hydrogen (secondary N) is 1. The molecule has 0 aliphatic rings. The minimum atomic E-state index is -3.64. The van der Waals surface area contributed by atoms with Crippen molar-refractivity contribution in [3.05, 3.63) is 44.0 Å². The summed E-state index contributed by atoms with van der Waals surface area (Å²) in [6.45, 7) is 0.189. The van der Waals surface area contributed by atoms with Crippen molar-refractivity contribution < 1.29 is 8.42 Å². The summed E-state index contributed by atoms with van der Waals surface area (Å²) in [5, 5.41) is 2.13. The number of hydrogen-bond donors (Lipinski definition) is 2. The number of anilines is 1. The Morgan fingerprint density at radius 1 is 1.37 bits per heavy atom. The average Bonchev–Trinajstić information content (AvgIpc) is 2.82. The maximum atomic E-state index is 12.2. The van der Waals surface area contributed by atoms with E-state index in [4.69, 9.17) is 17.3 Å². The molecular weight excluding hydrogens is 372 g/mol. The van der Waals surface area contributed by atoms with Gasteiger partial charge >= 0.3 is 0 Å². The molecule has 0 aliphatic heterocycles. The Kier molecular flexibility index (Phi) is 4.52. The van der Waals surface area contributed by atoms with Crippen LogP contribution < -0.4 is 10.5 Å². The van der Waals surface area contributed by atoms with Gasteiger partial charge in [-0.2, -0.15) is 0 Å². The number of halogens is 2. The fourth-order valence-electron chi connectivity index (χ4n) is 1.49. The van der Waals surface area contributed by atoms with Crippen LogP contribution in [0, 0.1) is 0 Å². The molecule has 8 heteroatoms. The van der Waals surface area contributed by atoms with Crippen LogP contribution in [0.2, 0.25) is 5.02 Å². The first-order valence-corrected chi connectivity index (χ1v) is 8.71. The number of nitrogens with two attached hydrogens (primary N) is 1. The summed E-state index contributed by atoms with van der Waals surface area (Å²) in [5.74, 6) is 0. The zero-order chi connectivity index (χ0) is 14.0. The smallest absolute Gasteiger partial charge is 0.263 e. The predicted molar refractivity (Wildman–Crippen MR) is 82.2 cm³/mol. The molecule has 4 nitrogen and oxygen atoms in total. The molecule has 1 heterocycles. The molecule has 0 saturated heterocycles. The summed E-state index contributed by atoms with van der Waals surface area (Å²) >= 11 is 10.5. The summed E-state index contributed by atoms with van der Waals surface area (Å²) in [4.78, 5) is 0.828. The number of sulfonamides is 1. The van der Waals surface area contributed by atoms with Crippen molar-refractivity contribution in [3.8, 4) is 0 Å². The van der Waals surface area contributed by atoms with Gasteiger partial charge in [-0.05, 0) is 45.6 Å². The van der Waals surface area contributed by atoms with Crippen molar-refractivity contribution in [2.45, 2.75) is 11.4 Å². The van der Waals surface area contributed by atoms with E-state index >= 15 is 0 Å². The minimum absolute atomic E-state index is 0.189. The van der Waals surface area contributed by atoms with E-state index < -0.39 is 10.0 Å². The molecular formula is C11H10BrClN2O2S2.